The van der Waals surface area contributed by atoms with E-state index in [2.05, 4.69) is 28.2 Å². The van der Waals surface area contributed by atoms with Gasteiger partial charge >= 0.3 is 0 Å². The van der Waals surface area contributed by atoms with Crippen molar-refractivity contribution in [2.24, 2.45) is 0 Å². The van der Waals surface area contributed by atoms with E-state index in [4.69, 9.17) is 9.84 Å². The lowest BCUT2D eigenvalue weighted by atomic mass is 9.81. The average Bonchev–Trinajstić information content (AvgIpc) is 2.95. The molecule has 0 fully saturated rings. The first-order valence-corrected chi connectivity index (χ1v) is 14.4. The summed E-state index contributed by atoms with van der Waals surface area (Å²) in [5.41, 5.74) is 0.864. The Bertz CT molecular complexity index is 1120. The summed E-state index contributed by atoms with van der Waals surface area (Å²) in [7, 11) is 0. The van der Waals surface area contributed by atoms with Crippen molar-refractivity contribution in [1.29, 1.82) is 0 Å². The number of ether oxygens (including phenoxy) is 1. The quantitative estimate of drug-likeness (QED) is 0.0816. The van der Waals surface area contributed by atoms with Gasteiger partial charge in [-0.25, -0.2) is 0 Å². The molecule has 7 N–H and O–H groups in total. The van der Waals surface area contributed by atoms with E-state index in [-0.39, 0.29) is 40.4 Å². The highest BCUT2D eigenvalue weighted by Gasteiger charge is 2.37. The molecule has 0 radical (unpaired) electrons. The van der Waals surface area contributed by atoms with Gasteiger partial charge in [-0.3, -0.25) is 9.59 Å². The number of rotatable bonds is 20. The fourth-order valence-electron chi connectivity index (χ4n) is 4.79. The number of nitrogens with one attached hydrogen (secondary N) is 4. The molecule has 0 saturated heterocycles. The molecule has 10 heteroatoms. The van der Waals surface area contributed by atoms with Gasteiger partial charge in [0.05, 0.1) is 35.5 Å². The molecule has 0 saturated carbocycles. The molecule has 0 aliphatic heterocycles. The highest BCUT2D eigenvalue weighted by Crippen LogP contribution is 2.42. The SMILES string of the molecule is CCCCCCCCOCCNCCNc1ccc(NCCNCCO)c2c1C(=O)c1c(O)ccc(O)c1C2=O. The lowest BCUT2D eigenvalue weighted by molar-refractivity contribution is 0.0975. The van der Waals surface area contributed by atoms with Gasteiger partial charge < -0.3 is 41.3 Å². The van der Waals surface area contributed by atoms with E-state index in [0.29, 0.717) is 57.3 Å². The van der Waals surface area contributed by atoms with E-state index in [1.54, 1.807) is 12.1 Å². The molecule has 2 aromatic rings. The largest absolute Gasteiger partial charge is 0.507 e. The average molecular weight is 557 g/mol. The summed E-state index contributed by atoms with van der Waals surface area (Å²) in [5, 5.41) is 42.5. The number of carbonyl (C=O) groups excluding carboxylic acids is 2. The van der Waals surface area contributed by atoms with E-state index in [1.807, 2.05) is 0 Å². The highest BCUT2D eigenvalue weighted by atomic mass is 16.5. The monoisotopic (exact) mass is 556 g/mol. The first-order chi connectivity index (χ1) is 19.5. The number of phenolic OH excluding ortho intramolecular Hbond substituents is 2. The summed E-state index contributed by atoms with van der Waals surface area (Å²) in [6, 6.07) is 5.89. The van der Waals surface area contributed by atoms with Gasteiger partial charge in [0.15, 0.2) is 0 Å². The van der Waals surface area contributed by atoms with Crippen LogP contribution in [0.25, 0.3) is 0 Å². The first-order valence-electron chi connectivity index (χ1n) is 14.4. The second kappa shape index (κ2) is 16.8. The third-order valence-corrected chi connectivity index (χ3v) is 6.86. The third-order valence-electron chi connectivity index (χ3n) is 6.86. The van der Waals surface area contributed by atoms with Gasteiger partial charge in [0.1, 0.15) is 11.5 Å². The number of aromatic hydroxyl groups is 2. The van der Waals surface area contributed by atoms with Crippen LogP contribution in [0.15, 0.2) is 24.3 Å². The lowest BCUT2D eigenvalue weighted by Crippen LogP contribution is -2.29. The van der Waals surface area contributed by atoms with Gasteiger partial charge in [-0.1, -0.05) is 39.0 Å². The van der Waals surface area contributed by atoms with Crippen molar-refractivity contribution in [3.63, 3.8) is 0 Å². The Balaban J connectivity index is 1.60. The molecule has 40 heavy (non-hydrogen) atoms. The molecule has 3 rings (SSSR count). The maximum atomic E-state index is 13.6. The Kier molecular flexibility index (Phi) is 13.2. The Labute approximate surface area is 236 Å². The van der Waals surface area contributed by atoms with Crippen molar-refractivity contribution in [2.45, 2.75) is 45.4 Å². The van der Waals surface area contributed by atoms with Crippen molar-refractivity contribution in [3.05, 3.63) is 46.5 Å². The van der Waals surface area contributed by atoms with Gasteiger partial charge in [-0.05, 0) is 30.7 Å². The minimum absolute atomic E-state index is 0.0172. The van der Waals surface area contributed by atoms with E-state index in [1.165, 1.54) is 44.2 Å². The summed E-state index contributed by atoms with van der Waals surface area (Å²) in [4.78, 5) is 27.1. The number of hydrogen-bond donors (Lipinski definition) is 7. The minimum Gasteiger partial charge on any atom is -0.507 e. The molecule has 1 aliphatic rings. The maximum Gasteiger partial charge on any atom is 0.200 e. The van der Waals surface area contributed by atoms with Gasteiger partial charge in [0.25, 0.3) is 0 Å². The standard InChI is InChI=1S/C30H44N4O6/c1-2-3-4-5-6-7-19-40-20-17-32-13-15-34-22-9-8-21(33-14-12-31-16-18-35)25-26(22)30(39)28-24(37)11-10-23(36)27(28)29(25)38/h8-11,31-37H,2-7,12-20H2,1H3. The lowest BCUT2D eigenvalue weighted by Gasteiger charge is -2.25. The van der Waals surface area contributed by atoms with Crippen LogP contribution in [0.3, 0.4) is 0 Å². The van der Waals surface area contributed by atoms with Crippen LogP contribution in [0.4, 0.5) is 11.4 Å². The number of ketones is 2. The topological polar surface area (TPSA) is 152 Å². The number of aliphatic hydroxyl groups is 1. The van der Waals surface area contributed by atoms with Crippen molar-refractivity contribution >= 4 is 22.9 Å². The normalized spacial score (nSPS) is 12.3. The zero-order valence-electron chi connectivity index (χ0n) is 23.5. The fourth-order valence-corrected chi connectivity index (χ4v) is 4.79. The molecule has 2 aromatic carbocycles. The predicted molar refractivity (Wildman–Crippen MR) is 157 cm³/mol. The Hall–Kier alpha value is -3.18. The van der Waals surface area contributed by atoms with Crippen LogP contribution in [0.1, 0.15) is 77.3 Å². The molecule has 0 amide bonds. The van der Waals surface area contributed by atoms with E-state index < -0.39 is 11.6 Å². The van der Waals surface area contributed by atoms with E-state index in [9.17, 15) is 19.8 Å². The van der Waals surface area contributed by atoms with Crippen LogP contribution in [0.5, 0.6) is 11.5 Å². The number of aliphatic hydroxyl groups excluding tert-OH is 1. The van der Waals surface area contributed by atoms with Gasteiger partial charge in [-0.2, -0.15) is 0 Å². The summed E-state index contributed by atoms with van der Waals surface area (Å²) in [6.07, 6.45) is 7.42. The van der Waals surface area contributed by atoms with Crippen LogP contribution in [-0.2, 0) is 4.74 Å². The summed E-state index contributed by atoms with van der Waals surface area (Å²) >= 11 is 0. The summed E-state index contributed by atoms with van der Waals surface area (Å²) in [6.45, 7) is 6.90. The molecular weight excluding hydrogens is 512 g/mol. The Morgan fingerprint density at radius 1 is 0.625 bits per heavy atom. The van der Waals surface area contributed by atoms with Crippen LogP contribution in [0.2, 0.25) is 0 Å². The number of hydrogen-bond acceptors (Lipinski definition) is 10. The van der Waals surface area contributed by atoms with Crippen molar-refractivity contribution in [3.8, 4) is 11.5 Å². The molecule has 0 aromatic heterocycles. The Morgan fingerprint density at radius 2 is 1.15 bits per heavy atom. The second-order valence-electron chi connectivity index (χ2n) is 9.88. The number of phenols is 2. The molecule has 220 valence electrons. The second-order valence-corrected chi connectivity index (χ2v) is 9.88. The van der Waals surface area contributed by atoms with Crippen molar-refractivity contribution in [2.75, 3.05) is 69.7 Å². The number of unbranched alkanes of at least 4 members (excludes halogenated alkanes) is 5. The summed E-state index contributed by atoms with van der Waals surface area (Å²) < 4.78 is 5.69. The van der Waals surface area contributed by atoms with Crippen LogP contribution < -0.4 is 21.3 Å². The highest BCUT2D eigenvalue weighted by molar-refractivity contribution is 6.33. The van der Waals surface area contributed by atoms with Gasteiger partial charge in [0, 0.05) is 57.3 Å². The molecule has 0 atom stereocenters. The van der Waals surface area contributed by atoms with Crippen LogP contribution in [0, 0.1) is 0 Å². The molecule has 10 nitrogen and oxygen atoms in total. The molecular formula is C30H44N4O6. The molecule has 1 aliphatic carbocycles. The van der Waals surface area contributed by atoms with E-state index in [0.717, 1.165) is 13.0 Å². The van der Waals surface area contributed by atoms with Gasteiger partial charge in [-0.15, -0.1) is 0 Å². The third kappa shape index (κ3) is 8.41. The molecule has 0 bridgehead atoms. The first kappa shape index (κ1) is 31.3. The number of benzene rings is 2. The Morgan fingerprint density at radius 3 is 1.70 bits per heavy atom. The molecule has 0 heterocycles. The van der Waals surface area contributed by atoms with Gasteiger partial charge in [0.2, 0.25) is 11.6 Å². The fraction of sp³-hybridized carbons (Fsp3) is 0.533. The van der Waals surface area contributed by atoms with Crippen LogP contribution >= 0.6 is 0 Å². The van der Waals surface area contributed by atoms with Crippen molar-refractivity contribution in [1.82, 2.24) is 10.6 Å². The number of fused-ring (bicyclic) bond motifs is 2. The maximum absolute atomic E-state index is 13.6. The van der Waals surface area contributed by atoms with E-state index >= 15 is 0 Å². The zero-order chi connectivity index (χ0) is 28.7. The number of anilines is 2. The molecule has 0 spiro atoms. The van der Waals surface area contributed by atoms with Crippen LogP contribution in [-0.4, -0.2) is 86.0 Å². The number of carbonyl (C=O) groups is 2. The minimum atomic E-state index is -0.534. The smallest absolute Gasteiger partial charge is 0.200 e. The molecule has 0 unspecified atom stereocenters. The van der Waals surface area contributed by atoms with Crippen molar-refractivity contribution < 1.29 is 29.6 Å². The summed E-state index contributed by atoms with van der Waals surface area (Å²) in [5.74, 6) is -1.77. The zero-order valence-corrected chi connectivity index (χ0v) is 23.5. The predicted octanol–water partition coefficient (Wildman–Crippen LogP) is 3.25.